The van der Waals surface area contributed by atoms with Gasteiger partial charge in [-0.25, -0.2) is 0 Å². The van der Waals surface area contributed by atoms with Gasteiger partial charge in [0.05, 0.1) is 25.8 Å². The van der Waals surface area contributed by atoms with Gasteiger partial charge >= 0.3 is 0 Å². The fraction of sp³-hybridized carbons (Fsp3) is 0.304. The molecule has 0 bridgehead atoms. The van der Waals surface area contributed by atoms with Crippen molar-refractivity contribution in [3.05, 3.63) is 64.7 Å². The highest BCUT2D eigenvalue weighted by molar-refractivity contribution is 6.46. The summed E-state index contributed by atoms with van der Waals surface area (Å²) in [4.78, 5) is 24.6. The summed E-state index contributed by atoms with van der Waals surface area (Å²) >= 11 is 0. The van der Waals surface area contributed by atoms with E-state index in [0.29, 0.717) is 17.1 Å². The summed E-state index contributed by atoms with van der Waals surface area (Å²) in [7, 11) is 2.99. The molecule has 0 radical (unpaired) electrons. The van der Waals surface area contributed by atoms with Gasteiger partial charge in [-0.3, -0.25) is 9.59 Å². The lowest BCUT2D eigenvalue weighted by Crippen LogP contribution is -2.21. The van der Waals surface area contributed by atoms with Gasteiger partial charge < -0.3 is 19.9 Å². The second kappa shape index (κ2) is 7.62. The van der Waals surface area contributed by atoms with Gasteiger partial charge in [-0.15, -0.1) is 0 Å². The van der Waals surface area contributed by atoms with E-state index < -0.39 is 17.7 Å². The second-order valence-electron chi connectivity index (χ2n) is 7.94. The Kier molecular flexibility index (Phi) is 5.38. The Morgan fingerprint density at radius 3 is 2.14 bits per heavy atom. The zero-order chi connectivity index (χ0) is 21.3. The first-order valence-corrected chi connectivity index (χ1v) is 9.28. The highest BCUT2D eigenvalue weighted by Crippen LogP contribution is 2.36. The van der Waals surface area contributed by atoms with E-state index in [9.17, 15) is 14.7 Å². The van der Waals surface area contributed by atoms with Gasteiger partial charge in [-0.2, -0.15) is 0 Å². The average Bonchev–Trinajstić information content (AvgIpc) is 3.00. The molecule has 1 atom stereocenters. The number of rotatable bonds is 4. The molecule has 152 valence electrons. The standard InChI is InChI=1S/C23H25NO5/c1-23(2,3)15-9-6-13(7-10-15)19-18(21(26)22(27)24-19)20(25)14-8-11-16(28-4)17(12-14)29-5/h6-12,19,25H,1-5H3,(H,24,27). The van der Waals surface area contributed by atoms with Crippen LogP contribution in [0.2, 0.25) is 0 Å². The van der Waals surface area contributed by atoms with Crippen molar-refractivity contribution in [1.29, 1.82) is 0 Å². The van der Waals surface area contributed by atoms with Crippen molar-refractivity contribution in [1.82, 2.24) is 5.32 Å². The number of methoxy groups -OCH3 is 2. The fourth-order valence-electron chi connectivity index (χ4n) is 3.33. The number of amides is 1. The van der Waals surface area contributed by atoms with Crippen LogP contribution < -0.4 is 14.8 Å². The Bertz CT molecular complexity index is 983. The summed E-state index contributed by atoms with van der Waals surface area (Å²) in [6.07, 6.45) is 0. The molecule has 6 heteroatoms. The van der Waals surface area contributed by atoms with Crippen LogP contribution in [0, 0.1) is 0 Å². The molecule has 0 saturated carbocycles. The number of aliphatic hydroxyl groups is 1. The van der Waals surface area contributed by atoms with Crippen molar-refractivity contribution in [3.8, 4) is 11.5 Å². The summed E-state index contributed by atoms with van der Waals surface area (Å²) in [6, 6.07) is 11.8. The van der Waals surface area contributed by atoms with Crippen molar-refractivity contribution >= 4 is 17.4 Å². The molecule has 0 aromatic heterocycles. The molecule has 3 rings (SSSR count). The molecular formula is C23H25NO5. The number of ketones is 1. The second-order valence-corrected chi connectivity index (χ2v) is 7.94. The number of hydrogen-bond acceptors (Lipinski definition) is 5. The molecular weight excluding hydrogens is 370 g/mol. The van der Waals surface area contributed by atoms with E-state index in [0.717, 1.165) is 11.1 Å². The van der Waals surface area contributed by atoms with Crippen molar-refractivity contribution in [2.75, 3.05) is 14.2 Å². The summed E-state index contributed by atoms with van der Waals surface area (Å²) in [5, 5.41) is 13.5. The molecule has 2 aromatic rings. The Morgan fingerprint density at radius 2 is 1.59 bits per heavy atom. The van der Waals surface area contributed by atoms with Crippen LogP contribution in [0.4, 0.5) is 0 Å². The van der Waals surface area contributed by atoms with Crippen LogP contribution in [0.1, 0.15) is 43.5 Å². The zero-order valence-electron chi connectivity index (χ0n) is 17.2. The fourth-order valence-corrected chi connectivity index (χ4v) is 3.33. The molecule has 1 saturated heterocycles. The van der Waals surface area contributed by atoms with E-state index in [2.05, 4.69) is 26.1 Å². The van der Waals surface area contributed by atoms with Gasteiger partial charge in [0.2, 0.25) is 0 Å². The predicted molar refractivity (Wildman–Crippen MR) is 110 cm³/mol. The largest absolute Gasteiger partial charge is 0.507 e. The normalized spacial score (nSPS) is 18.4. The lowest BCUT2D eigenvalue weighted by atomic mass is 9.85. The van der Waals surface area contributed by atoms with Crippen LogP contribution in [0.15, 0.2) is 48.0 Å². The number of carbonyl (C=O) groups excluding carboxylic acids is 2. The minimum atomic E-state index is -0.748. The molecule has 1 aliphatic heterocycles. The average molecular weight is 395 g/mol. The molecule has 1 aliphatic rings. The third kappa shape index (κ3) is 3.83. The molecule has 1 heterocycles. The monoisotopic (exact) mass is 395 g/mol. The number of benzene rings is 2. The predicted octanol–water partition coefficient (Wildman–Crippen LogP) is 3.71. The van der Waals surface area contributed by atoms with E-state index >= 15 is 0 Å². The SMILES string of the molecule is COc1ccc(C(O)=C2C(=O)C(=O)NC2c2ccc(C(C)(C)C)cc2)cc1OC. The summed E-state index contributed by atoms with van der Waals surface area (Å²) in [5.41, 5.74) is 2.21. The van der Waals surface area contributed by atoms with Gasteiger partial charge in [0, 0.05) is 5.56 Å². The number of Topliss-reactive ketones (excluding diaryl/α,β-unsaturated/α-hetero) is 1. The van der Waals surface area contributed by atoms with Crippen LogP contribution in [-0.4, -0.2) is 31.0 Å². The van der Waals surface area contributed by atoms with Crippen molar-refractivity contribution in [3.63, 3.8) is 0 Å². The van der Waals surface area contributed by atoms with Crippen LogP contribution in [0.5, 0.6) is 11.5 Å². The molecule has 29 heavy (non-hydrogen) atoms. The van der Waals surface area contributed by atoms with Crippen LogP contribution >= 0.6 is 0 Å². The number of ether oxygens (including phenoxy) is 2. The van der Waals surface area contributed by atoms with Gasteiger partial charge in [0.15, 0.2) is 11.5 Å². The van der Waals surface area contributed by atoms with Crippen molar-refractivity contribution < 1.29 is 24.2 Å². The van der Waals surface area contributed by atoms with Gasteiger partial charge in [0.25, 0.3) is 11.7 Å². The van der Waals surface area contributed by atoms with Gasteiger partial charge in [0.1, 0.15) is 5.76 Å². The van der Waals surface area contributed by atoms with Crippen LogP contribution in [-0.2, 0) is 15.0 Å². The maximum Gasteiger partial charge on any atom is 0.293 e. The molecule has 1 amide bonds. The maximum absolute atomic E-state index is 12.5. The van der Waals surface area contributed by atoms with Gasteiger partial charge in [-0.1, -0.05) is 45.0 Å². The Labute approximate surface area is 170 Å². The zero-order valence-corrected chi connectivity index (χ0v) is 17.2. The van der Waals surface area contributed by atoms with Gasteiger partial charge in [-0.05, 0) is 34.7 Å². The van der Waals surface area contributed by atoms with Crippen LogP contribution in [0.3, 0.4) is 0 Å². The molecule has 1 unspecified atom stereocenters. The van der Waals surface area contributed by atoms with Crippen molar-refractivity contribution in [2.45, 2.75) is 32.2 Å². The molecule has 1 fully saturated rings. The first-order valence-electron chi connectivity index (χ1n) is 9.28. The summed E-state index contributed by atoms with van der Waals surface area (Å²) < 4.78 is 10.5. The quantitative estimate of drug-likeness (QED) is 0.468. The third-order valence-corrected chi connectivity index (χ3v) is 5.04. The highest BCUT2D eigenvalue weighted by atomic mass is 16.5. The lowest BCUT2D eigenvalue weighted by Gasteiger charge is -2.20. The molecule has 2 aromatic carbocycles. The molecule has 2 N–H and O–H groups in total. The molecule has 6 nitrogen and oxygen atoms in total. The summed E-state index contributed by atoms with van der Waals surface area (Å²) in [6.45, 7) is 6.32. The molecule has 0 aliphatic carbocycles. The minimum absolute atomic E-state index is 0.0192. The smallest absolute Gasteiger partial charge is 0.293 e. The van der Waals surface area contributed by atoms with E-state index in [1.165, 1.54) is 14.2 Å². The number of aliphatic hydroxyl groups excluding tert-OH is 1. The minimum Gasteiger partial charge on any atom is -0.507 e. The number of carbonyl (C=O) groups is 2. The van der Waals surface area contributed by atoms with E-state index in [1.54, 1.807) is 18.2 Å². The highest BCUT2D eigenvalue weighted by Gasteiger charge is 2.39. The summed E-state index contributed by atoms with van der Waals surface area (Å²) in [5.74, 6) is -0.846. The van der Waals surface area contributed by atoms with Crippen LogP contribution in [0.25, 0.3) is 5.76 Å². The number of nitrogens with one attached hydrogen (secondary N) is 1. The van der Waals surface area contributed by atoms with E-state index in [1.807, 2.05) is 24.3 Å². The third-order valence-electron chi connectivity index (χ3n) is 5.04. The Balaban J connectivity index is 2.07. The van der Waals surface area contributed by atoms with Crippen molar-refractivity contribution in [2.24, 2.45) is 0 Å². The first-order chi connectivity index (χ1) is 13.7. The molecule has 0 spiro atoms. The topological polar surface area (TPSA) is 84.9 Å². The number of hydrogen-bond donors (Lipinski definition) is 2. The lowest BCUT2D eigenvalue weighted by molar-refractivity contribution is -0.133. The Morgan fingerprint density at radius 1 is 0.966 bits per heavy atom. The van der Waals surface area contributed by atoms with E-state index in [-0.39, 0.29) is 16.7 Å². The Hall–Kier alpha value is -3.28. The maximum atomic E-state index is 12.5. The first kappa shape index (κ1) is 20.5. The van der Waals surface area contributed by atoms with E-state index in [4.69, 9.17) is 9.47 Å².